The van der Waals surface area contributed by atoms with Crippen molar-refractivity contribution < 1.29 is 19.8 Å². The molecule has 2 aromatic rings. The van der Waals surface area contributed by atoms with E-state index >= 15 is 0 Å². The van der Waals surface area contributed by atoms with Crippen LogP contribution in [0.2, 0.25) is 0 Å². The first kappa shape index (κ1) is 15.0. The number of Topliss-reactive ketones (excluding diaryl/α,β-unsaturated/α-hetero) is 2. The summed E-state index contributed by atoms with van der Waals surface area (Å²) in [6, 6.07) is 9.36. The number of pyridine rings is 2. The highest BCUT2D eigenvalue weighted by Crippen LogP contribution is 2.08. The highest BCUT2D eigenvalue weighted by atomic mass is 16.3. The molecule has 21 heavy (non-hydrogen) atoms. The minimum atomic E-state index is -0.438. The van der Waals surface area contributed by atoms with Crippen LogP contribution >= 0.6 is 0 Å². The lowest BCUT2D eigenvalue weighted by atomic mass is 10.1. The van der Waals surface area contributed by atoms with Crippen molar-refractivity contribution >= 4 is 11.6 Å². The second kappa shape index (κ2) is 6.83. The Morgan fingerprint density at radius 1 is 0.810 bits per heavy atom. The molecular weight excluding hydrogens is 272 g/mol. The van der Waals surface area contributed by atoms with Crippen molar-refractivity contribution in [3.63, 3.8) is 0 Å². The number of ketones is 2. The van der Waals surface area contributed by atoms with E-state index in [0.29, 0.717) is 11.4 Å². The number of hydrogen-bond donors (Lipinski definition) is 2. The summed E-state index contributed by atoms with van der Waals surface area (Å²) >= 11 is 0. The molecule has 2 N–H and O–H groups in total. The number of rotatable bonds is 6. The van der Waals surface area contributed by atoms with E-state index in [2.05, 4.69) is 9.97 Å². The quantitative estimate of drug-likeness (QED) is 0.605. The van der Waals surface area contributed by atoms with Gasteiger partial charge in [-0.05, 0) is 24.3 Å². The second-order valence-corrected chi connectivity index (χ2v) is 4.37. The van der Waals surface area contributed by atoms with Crippen molar-refractivity contribution in [1.82, 2.24) is 9.97 Å². The maximum Gasteiger partial charge on any atom is 0.188 e. The van der Waals surface area contributed by atoms with Crippen molar-refractivity contribution in [1.29, 1.82) is 0 Å². The van der Waals surface area contributed by atoms with Gasteiger partial charge in [-0.2, -0.15) is 0 Å². The smallest absolute Gasteiger partial charge is 0.188 e. The molecule has 2 aromatic heterocycles. The summed E-state index contributed by atoms with van der Waals surface area (Å²) in [5, 5.41) is 18.0. The van der Waals surface area contributed by atoms with Crippen LogP contribution in [0.4, 0.5) is 0 Å². The van der Waals surface area contributed by atoms with Gasteiger partial charge in [0.1, 0.15) is 11.4 Å². The Kier molecular flexibility index (Phi) is 4.86. The molecule has 0 unspecified atom stereocenters. The lowest BCUT2D eigenvalue weighted by Crippen LogP contribution is -2.12. The molecule has 0 saturated carbocycles. The van der Waals surface area contributed by atoms with Crippen molar-refractivity contribution in [2.45, 2.75) is 19.6 Å². The van der Waals surface area contributed by atoms with E-state index < -0.39 is 11.6 Å². The summed E-state index contributed by atoms with van der Waals surface area (Å²) < 4.78 is 0. The first-order chi connectivity index (χ1) is 10.1. The molecule has 0 saturated heterocycles. The first-order valence-corrected chi connectivity index (χ1v) is 6.34. The lowest BCUT2D eigenvalue weighted by Gasteiger charge is -2.03. The third-order valence-electron chi connectivity index (χ3n) is 2.83. The molecular formula is C15H14N2O4. The predicted molar refractivity (Wildman–Crippen MR) is 73.6 cm³/mol. The zero-order chi connectivity index (χ0) is 15.2. The molecule has 2 rings (SSSR count). The van der Waals surface area contributed by atoms with Gasteiger partial charge in [0.05, 0.1) is 31.0 Å². The second-order valence-electron chi connectivity index (χ2n) is 4.37. The molecule has 6 nitrogen and oxygen atoms in total. The van der Waals surface area contributed by atoms with E-state index in [-0.39, 0.29) is 31.0 Å². The normalized spacial score (nSPS) is 10.4. The molecule has 2 heterocycles. The Labute approximate surface area is 121 Å². The Balaban J connectivity index is 2.12. The van der Waals surface area contributed by atoms with Crippen LogP contribution in [0.3, 0.4) is 0 Å². The molecule has 0 aliphatic carbocycles. The zero-order valence-electron chi connectivity index (χ0n) is 11.2. The van der Waals surface area contributed by atoms with Crippen molar-refractivity contribution in [2.75, 3.05) is 0 Å². The van der Waals surface area contributed by atoms with E-state index in [1.807, 2.05) is 0 Å². The first-order valence-electron chi connectivity index (χ1n) is 6.34. The van der Waals surface area contributed by atoms with E-state index in [0.717, 1.165) is 0 Å². The largest absolute Gasteiger partial charge is 0.390 e. The number of aliphatic hydroxyl groups is 2. The van der Waals surface area contributed by atoms with E-state index in [9.17, 15) is 9.59 Å². The van der Waals surface area contributed by atoms with Gasteiger partial charge in [-0.15, -0.1) is 0 Å². The van der Waals surface area contributed by atoms with Gasteiger partial charge >= 0.3 is 0 Å². The molecule has 0 spiro atoms. The number of aromatic nitrogens is 2. The highest BCUT2D eigenvalue weighted by Gasteiger charge is 2.16. The van der Waals surface area contributed by atoms with Gasteiger partial charge in [0.2, 0.25) is 0 Å². The molecule has 0 aliphatic rings. The monoisotopic (exact) mass is 286 g/mol. The van der Waals surface area contributed by atoms with Gasteiger partial charge in [0.15, 0.2) is 11.6 Å². The van der Waals surface area contributed by atoms with Gasteiger partial charge in [0, 0.05) is 0 Å². The Hall–Kier alpha value is -2.44. The molecule has 0 radical (unpaired) electrons. The minimum absolute atomic E-state index is 0.133. The van der Waals surface area contributed by atoms with Crippen LogP contribution in [0.1, 0.15) is 38.8 Å². The van der Waals surface area contributed by atoms with Crippen molar-refractivity contribution in [3.8, 4) is 0 Å². The van der Waals surface area contributed by atoms with E-state index in [1.165, 1.54) is 12.1 Å². The molecule has 0 amide bonds. The fourth-order valence-electron chi connectivity index (χ4n) is 1.77. The Morgan fingerprint density at radius 2 is 1.24 bits per heavy atom. The van der Waals surface area contributed by atoms with Crippen LogP contribution < -0.4 is 0 Å². The van der Waals surface area contributed by atoms with Crippen LogP contribution in [-0.2, 0) is 13.2 Å². The zero-order valence-corrected chi connectivity index (χ0v) is 11.2. The molecule has 0 bridgehead atoms. The van der Waals surface area contributed by atoms with Gasteiger partial charge in [-0.1, -0.05) is 12.1 Å². The van der Waals surface area contributed by atoms with E-state index in [4.69, 9.17) is 10.2 Å². The molecule has 0 atom stereocenters. The summed E-state index contributed by atoms with van der Waals surface area (Å²) in [5.74, 6) is -0.877. The average molecular weight is 286 g/mol. The standard InChI is InChI=1S/C15H14N2O4/c18-8-10-3-1-5-12(16-10)14(20)7-15(21)13-6-2-4-11(9-19)17-13/h1-6,18-19H,7-9H2. The van der Waals surface area contributed by atoms with Crippen LogP contribution in [0.5, 0.6) is 0 Å². The van der Waals surface area contributed by atoms with Crippen molar-refractivity contribution in [2.24, 2.45) is 0 Å². The van der Waals surface area contributed by atoms with Crippen molar-refractivity contribution in [3.05, 3.63) is 59.2 Å². The summed E-state index contributed by atoms with van der Waals surface area (Å²) in [7, 11) is 0. The number of carbonyl (C=O) groups excluding carboxylic acids is 2. The number of carbonyl (C=O) groups is 2. The third kappa shape index (κ3) is 3.77. The van der Waals surface area contributed by atoms with Gasteiger partial charge < -0.3 is 10.2 Å². The number of nitrogens with zero attached hydrogens (tertiary/aromatic N) is 2. The highest BCUT2D eigenvalue weighted by molar-refractivity contribution is 6.12. The summed E-state index contributed by atoms with van der Waals surface area (Å²) in [5.41, 5.74) is 1.00. The Morgan fingerprint density at radius 3 is 1.62 bits per heavy atom. The minimum Gasteiger partial charge on any atom is -0.390 e. The molecule has 108 valence electrons. The fourth-order valence-corrected chi connectivity index (χ4v) is 1.77. The maximum absolute atomic E-state index is 12.0. The number of aliphatic hydroxyl groups excluding tert-OH is 2. The SMILES string of the molecule is O=C(CC(=O)c1cccc(CO)n1)c1cccc(CO)n1. The lowest BCUT2D eigenvalue weighted by molar-refractivity contribution is 0.0888. The fraction of sp³-hybridized carbons (Fsp3) is 0.200. The third-order valence-corrected chi connectivity index (χ3v) is 2.83. The summed E-state index contributed by atoms with van der Waals surface area (Å²) in [6.45, 7) is -0.537. The maximum atomic E-state index is 12.0. The van der Waals surface area contributed by atoms with Gasteiger partial charge in [-0.25, -0.2) is 9.97 Å². The van der Waals surface area contributed by atoms with Gasteiger partial charge in [0.25, 0.3) is 0 Å². The van der Waals surface area contributed by atoms with Crippen LogP contribution in [0.25, 0.3) is 0 Å². The molecule has 0 aliphatic heterocycles. The summed E-state index contributed by atoms with van der Waals surface area (Å²) in [4.78, 5) is 31.9. The average Bonchev–Trinajstić information content (AvgIpc) is 2.54. The van der Waals surface area contributed by atoms with E-state index in [1.54, 1.807) is 24.3 Å². The molecule has 0 aromatic carbocycles. The van der Waals surface area contributed by atoms with Crippen LogP contribution in [0, 0.1) is 0 Å². The molecule has 0 fully saturated rings. The Bertz CT molecular complexity index is 613. The van der Waals surface area contributed by atoms with Crippen LogP contribution in [-0.4, -0.2) is 31.7 Å². The molecule has 6 heteroatoms. The van der Waals surface area contributed by atoms with Gasteiger partial charge in [-0.3, -0.25) is 9.59 Å². The summed E-state index contributed by atoms with van der Waals surface area (Å²) in [6.07, 6.45) is -0.357. The number of hydrogen-bond acceptors (Lipinski definition) is 6. The topological polar surface area (TPSA) is 100 Å². The predicted octanol–water partition coefficient (Wildman–Crippen LogP) is 0.917. The van der Waals surface area contributed by atoms with Crippen LogP contribution in [0.15, 0.2) is 36.4 Å².